The summed E-state index contributed by atoms with van der Waals surface area (Å²) in [7, 11) is 6.48. The summed E-state index contributed by atoms with van der Waals surface area (Å²) in [6, 6.07) is 2.91. The Balaban J connectivity index is 1.28. The summed E-state index contributed by atoms with van der Waals surface area (Å²) in [5, 5.41) is 42.0. The average Bonchev–Trinajstić information content (AvgIpc) is 3.87. The van der Waals surface area contributed by atoms with Crippen LogP contribution in [0.4, 0.5) is 0 Å². The second-order valence-corrected chi connectivity index (χ2v) is 18.7. The number of methoxy groups -OCH3 is 2. The summed E-state index contributed by atoms with van der Waals surface area (Å²) in [6.45, 7) is 9.23. The largest absolute Gasteiger partial charge is 0.465 e. The number of allylic oxidation sites excluding steroid dienone is 3. The van der Waals surface area contributed by atoms with E-state index in [1.807, 2.05) is 32.9 Å². The highest BCUT2D eigenvalue weighted by Crippen LogP contribution is 2.36. The number of carbonyl (C=O) groups is 2. The zero-order valence-corrected chi connectivity index (χ0v) is 41.1. The molecule has 21 heteroatoms. The van der Waals surface area contributed by atoms with E-state index in [0.717, 1.165) is 11.1 Å². The molecule has 4 aliphatic rings. The first-order valence-corrected chi connectivity index (χ1v) is 23.7. The van der Waals surface area contributed by atoms with Gasteiger partial charge >= 0.3 is 5.97 Å². The zero-order chi connectivity index (χ0) is 49.8. The molecule has 16 atom stereocenters. The third-order valence-corrected chi connectivity index (χ3v) is 13.3. The van der Waals surface area contributed by atoms with Crippen molar-refractivity contribution >= 4 is 17.5 Å². The lowest BCUT2D eigenvalue weighted by Gasteiger charge is -2.47. The molecule has 21 nitrogen and oxygen atoms in total. The van der Waals surface area contributed by atoms with Crippen molar-refractivity contribution in [1.82, 2.24) is 24.6 Å². The van der Waals surface area contributed by atoms with Crippen LogP contribution in [-0.4, -0.2) is 192 Å². The first-order chi connectivity index (χ1) is 33.1. The number of rotatable bonds is 12. The van der Waals surface area contributed by atoms with Crippen molar-refractivity contribution in [3.8, 4) is 5.82 Å². The summed E-state index contributed by atoms with van der Waals surface area (Å²) < 4.78 is 56.8. The SMILES string of the molecule is CO[C@@H]1[C@H](O)[C@@H](C)O[C@@H](OC[C@H]2/C=C(C)/C=C/C(=O)[C@H](C)CC3CCOC/C(=N\OCc4ccc(-n5cncn5)nc4)CO[C@H](CC(=O)OC2)[C@H](C)[C@H]3O[C@@H]2O[C@H](C)[C@@H](O)[C@H](N(C)C)[C@H]2O)[C@@H]1OC. The second-order valence-electron chi connectivity index (χ2n) is 18.7. The fourth-order valence-corrected chi connectivity index (χ4v) is 9.27. The number of pyridine rings is 1. The first-order valence-electron chi connectivity index (χ1n) is 23.7. The molecule has 6 heterocycles. The third-order valence-electron chi connectivity index (χ3n) is 13.3. The molecule has 0 aromatic carbocycles. The fourth-order valence-electron chi connectivity index (χ4n) is 9.27. The molecule has 0 spiro atoms. The van der Waals surface area contributed by atoms with Crippen LogP contribution in [0.2, 0.25) is 0 Å². The molecule has 0 aliphatic carbocycles. The van der Waals surface area contributed by atoms with Gasteiger partial charge in [-0.25, -0.2) is 14.6 Å². The van der Waals surface area contributed by atoms with Crippen molar-refractivity contribution in [2.75, 3.05) is 61.3 Å². The number of esters is 1. The molecule has 3 saturated heterocycles. The molecule has 6 rings (SSSR count). The molecule has 0 saturated carbocycles. The van der Waals surface area contributed by atoms with Crippen LogP contribution in [0.5, 0.6) is 0 Å². The van der Waals surface area contributed by atoms with E-state index in [4.69, 9.17) is 47.5 Å². The van der Waals surface area contributed by atoms with Crippen LogP contribution in [0.15, 0.2) is 59.9 Å². The Bertz CT molecular complexity index is 2010. The quantitative estimate of drug-likeness (QED) is 0.204. The minimum atomic E-state index is -1.26. The normalized spacial score (nSPS) is 37.7. The highest BCUT2D eigenvalue weighted by atomic mass is 16.7. The summed E-state index contributed by atoms with van der Waals surface area (Å²) in [5.74, 6) is -2.05. The number of ketones is 1. The van der Waals surface area contributed by atoms with Crippen LogP contribution >= 0.6 is 0 Å². The first kappa shape index (κ1) is 54.2. The number of cyclic esters (lactones) is 1. The smallest absolute Gasteiger partial charge is 0.308 e. The molecule has 2 aromatic heterocycles. The highest BCUT2D eigenvalue weighted by Gasteiger charge is 2.48. The van der Waals surface area contributed by atoms with E-state index in [1.54, 1.807) is 63.6 Å². The summed E-state index contributed by atoms with van der Waals surface area (Å²) in [5.41, 5.74) is 1.90. The monoisotopic (exact) mass is 973 g/mol. The van der Waals surface area contributed by atoms with Gasteiger partial charge in [-0.05, 0) is 65.8 Å². The van der Waals surface area contributed by atoms with E-state index in [9.17, 15) is 24.9 Å². The number of hydrogen-bond acceptors (Lipinski definition) is 20. The Kier molecular flexibility index (Phi) is 20.3. The molecule has 3 fully saturated rings. The van der Waals surface area contributed by atoms with Gasteiger partial charge in [0.25, 0.3) is 0 Å². The van der Waals surface area contributed by atoms with Gasteiger partial charge in [0.05, 0.1) is 69.4 Å². The van der Waals surface area contributed by atoms with Crippen molar-refractivity contribution in [3.05, 3.63) is 60.3 Å². The standard InChI is InChI=1S/C48H72N6O15/c1-27-10-12-36(55)28(2)17-34-14-15-62-23-35(52-66-22-32-11-13-38(50-19-32)54-26-49-25-51-54)24-63-37(29(3)44(34)69-47-43(59)40(53(6)7)41(57)30(4)67-47)18-39(56)64-20-33(16-27)21-65-48-46(61-9)45(60-8)42(58)31(5)68-48/h10-13,16,19,25-26,28-31,33-34,37,40-48,57-59H,14-15,17-18,20-24H2,1-9H3/b12-10+,27-16+,52-35+/t28-,29+,30-,31-,33+,34?,37-,40+,41-,42-,43-,44-,45-,46-,47+,48-/m1/s1. The topological polar surface area (TPSA) is 246 Å². The molecule has 2 aromatic rings. The Morgan fingerprint density at radius 1 is 0.928 bits per heavy atom. The van der Waals surface area contributed by atoms with E-state index >= 15 is 0 Å². The summed E-state index contributed by atoms with van der Waals surface area (Å²) in [6.07, 6.45) is 0.578. The van der Waals surface area contributed by atoms with Crippen molar-refractivity contribution in [2.45, 2.75) is 134 Å². The van der Waals surface area contributed by atoms with Crippen molar-refractivity contribution < 1.29 is 72.4 Å². The number of aromatic nitrogens is 4. The van der Waals surface area contributed by atoms with Gasteiger partial charge in [0.2, 0.25) is 0 Å². The maximum Gasteiger partial charge on any atom is 0.308 e. The van der Waals surface area contributed by atoms with Crippen LogP contribution in [-0.2, 0) is 63.7 Å². The maximum atomic E-state index is 14.1. The van der Waals surface area contributed by atoms with Gasteiger partial charge in [-0.2, -0.15) is 5.10 Å². The highest BCUT2D eigenvalue weighted by molar-refractivity contribution is 5.91. The van der Waals surface area contributed by atoms with Crippen molar-refractivity contribution in [1.29, 1.82) is 0 Å². The van der Waals surface area contributed by atoms with Crippen LogP contribution < -0.4 is 0 Å². The fraction of sp³-hybridized carbons (Fsp3) is 0.708. The Morgan fingerprint density at radius 2 is 1.68 bits per heavy atom. The molecular weight excluding hydrogens is 901 g/mol. The molecule has 69 heavy (non-hydrogen) atoms. The van der Waals surface area contributed by atoms with Crippen LogP contribution in [0, 0.1) is 23.7 Å². The van der Waals surface area contributed by atoms with E-state index in [1.165, 1.54) is 25.2 Å². The number of nitrogens with zero attached hydrogens (tertiary/aromatic N) is 6. The zero-order valence-electron chi connectivity index (χ0n) is 41.1. The van der Waals surface area contributed by atoms with E-state index in [-0.39, 0.29) is 57.8 Å². The van der Waals surface area contributed by atoms with Gasteiger partial charge < -0.3 is 67.7 Å². The van der Waals surface area contributed by atoms with Crippen LogP contribution in [0.3, 0.4) is 0 Å². The van der Waals surface area contributed by atoms with Gasteiger partial charge in [0.1, 0.15) is 49.4 Å². The number of aliphatic hydroxyl groups is 3. The molecule has 3 N–H and O–H groups in total. The molecule has 1 unspecified atom stereocenters. The number of oxime groups is 1. The Morgan fingerprint density at radius 3 is 2.38 bits per heavy atom. The number of aliphatic hydroxyl groups excluding tert-OH is 3. The summed E-state index contributed by atoms with van der Waals surface area (Å²) in [4.78, 5) is 44.0. The lowest BCUT2D eigenvalue weighted by molar-refractivity contribution is -0.305. The van der Waals surface area contributed by atoms with Gasteiger partial charge in [0.15, 0.2) is 24.2 Å². The van der Waals surface area contributed by atoms with E-state index in [0.29, 0.717) is 24.4 Å². The average molecular weight is 973 g/mol. The van der Waals surface area contributed by atoms with Gasteiger partial charge in [-0.15, -0.1) is 0 Å². The third kappa shape index (κ3) is 14.5. The molecular formula is C48H72N6O15. The van der Waals surface area contributed by atoms with E-state index in [2.05, 4.69) is 20.2 Å². The predicted molar refractivity (Wildman–Crippen MR) is 247 cm³/mol. The molecule has 384 valence electrons. The minimum Gasteiger partial charge on any atom is -0.465 e. The lowest BCUT2D eigenvalue weighted by atomic mass is 9.79. The summed E-state index contributed by atoms with van der Waals surface area (Å²) >= 11 is 0. The second kappa shape index (κ2) is 25.8. The molecule has 4 aliphatic heterocycles. The molecule has 0 radical (unpaired) electrons. The molecule has 2 bridgehead atoms. The number of likely N-dealkylation sites (N-methyl/N-ethyl adjacent to an activating group) is 1. The number of carbonyl (C=O) groups excluding carboxylic acids is 2. The van der Waals surface area contributed by atoms with E-state index < -0.39 is 97.3 Å². The number of hydrogen-bond donors (Lipinski definition) is 3. The molecule has 0 amide bonds. The van der Waals surface area contributed by atoms with Crippen molar-refractivity contribution in [2.24, 2.45) is 28.8 Å². The number of ether oxygens (including phenoxy) is 9. The predicted octanol–water partition coefficient (Wildman–Crippen LogP) is 2.19. The van der Waals surface area contributed by atoms with Crippen molar-refractivity contribution in [3.63, 3.8) is 0 Å². The number of fused-ring (bicyclic) bond motifs is 3. The van der Waals surface area contributed by atoms with Crippen LogP contribution in [0.1, 0.15) is 59.4 Å². The maximum absolute atomic E-state index is 14.1. The lowest BCUT2D eigenvalue weighted by Crippen LogP contribution is -2.63. The van der Waals surface area contributed by atoms with Gasteiger partial charge in [0, 0.05) is 50.3 Å². The Labute approximate surface area is 404 Å². The Hall–Kier alpha value is -4.10. The van der Waals surface area contributed by atoms with Gasteiger partial charge in [-0.1, -0.05) is 42.8 Å². The van der Waals surface area contributed by atoms with Gasteiger partial charge in [-0.3, -0.25) is 9.59 Å². The minimum absolute atomic E-state index is 0.0210. The van der Waals surface area contributed by atoms with Crippen LogP contribution in [0.25, 0.3) is 5.82 Å².